The largest absolute Gasteiger partial charge is 0.493 e. The van der Waals surface area contributed by atoms with Gasteiger partial charge in [0.15, 0.2) is 0 Å². The predicted molar refractivity (Wildman–Crippen MR) is 73.1 cm³/mol. The smallest absolute Gasteiger partial charge is 0.376 e. The zero-order valence-electron chi connectivity index (χ0n) is 11.7. The molecule has 0 amide bonds. The van der Waals surface area contributed by atoms with E-state index in [0.717, 1.165) is 12.8 Å². The molecule has 0 saturated carbocycles. The molecule has 0 aliphatic rings. The number of para-hydroxylation sites is 1. The van der Waals surface area contributed by atoms with Gasteiger partial charge in [0.2, 0.25) is 0 Å². The number of unbranched alkanes of at least 4 members (excludes halogenated alkanes) is 3. The van der Waals surface area contributed by atoms with Crippen molar-refractivity contribution in [2.45, 2.75) is 39.5 Å². The minimum atomic E-state index is -0.514. The number of carbonyl (C=O) groups is 1. The van der Waals surface area contributed by atoms with E-state index in [1.54, 1.807) is 18.2 Å². The highest BCUT2D eigenvalue weighted by Crippen LogP contribution is 2.18. The van der Waals surface area contributed by atoms with Gasteiger partial charge < -0.3 is 4.74 Å². The van der Waals surface area contributed by atoms with Gasteiger partial charge in [0, 0.05) is 0 Å². The van der Waals surface area contributed by atoms with Gasteiger partial charge in [0.25, 0.3) is 0 Å². The molecule has 4 heteroatoms. The SMILES string of the molecule is CCCCCCOOC(=O)c1ccccc1OCC. The molecule has 19 heavy (non-hydrogen) atoms. The molecule has 0 heterocycles. The lowest BCUT2D eigenvalue weighted by Crippen LogP contribution is -2.09. The summed E-state index contributed by atoms with van der Waals surface area (Å²) in [5.74, 6) is 0.00382. The van der Waals surface area contributed by atoms with E-state index < -0.39 is 5.97 Å². The summed E-state index contributed by atoms with van der Waals surface area (Å²) in [4.78, 5) is 21.5. The average Bonchev–Trinajstić information content (AvgIpc) is 2.43. The molecule has 0 spiro atoms. The topological polar surface area (TPSA) is 44.8 Å². The van der Waals surface area contributed by atoms with Crippen molar-refractivity contribution in [3.05, 3.63) is 29.8 Å². The van der Waals surface area contributed by atoms with Crippen molar-refractivity contribution in [1.82, 2.24) is 0 Å². The maximum absolute atomic E-state index is 11.8. The molecule has 4 nitrogen and oxygen atoms in total. The number of benzene rings is 1. The second kappa shape index (κ2) is 9.39. The van der Waals surface area contributed by atoms with Crippen LogP contribution in [0.1, 0.15) is 49.9 Å². The zero-order valence-corrected chi connectivity index (χ0v) is 11.7. The molecule has 1 rings (SSSR count). The van der Waals surface area contributed by atoms with E-state index >= 15 is 0 Å². The van der Waals surface area contributed by atoms with Crippen molar-refractivity contribution in [3.8, 4) is 5.75 Å². The second-order valence-electron chi connectivity index (χ2n) is 4.18. The van der Waals surface area contributed by atoms with Gasteiger partial charge >= 0.3 is 5.97 Å². The maximum atomic E-state index is 11.8. The first-order valence-corrected chi connectivity index (χ1v) is 6.85. The Balaban J connectivity index is 2.36. The van der Waals surface area contributed by atoms with Crippen LogP contribution in [0.4, 0.5) is 0 Å². The number of hydrogen-bond donors (Lipinski definition) is 0. The van der Waals surface area contributed by atoms with Gasteiger partial charge in [0.05, 0.1) is 13.2 Å². The van der Waals surface area contributed by atoms with Gasteiger partial charge in [-0.1, -0.05) is 38.3 Å². The quantitative estimate of drug-likeness (QED) is 0.388. The first kappa shape index (κ1) is 15.5. The fraction of sp³-hybridized carbons (Fsp3) is 0.533. The van der Waals surface area contributed by atoms with E-state index in [2.05, 4.69) is 6.92 Å². The average molecular weight is 266 g/mol. The van der Waals surface area contributed by atoms with Gasteiger partial charge in [-0.15, -0.1) is 0 Å². The molecule has 0 N–H and O–H groups in total. The van der Waals surface area contributed by atoms with E-state index in [0.29, 0.717) is 24.5 Å². The van der Waals surface area contributed by atoms with Crippen LogP contribution in [0.3, 0.4) is 0 Å². The van der Waals surface area contributed by atoms with Crippen molar-refractivity contribution < 1.29 is 19.3 Å². The summed E-state index contributed by atoms with van der Waals surface area (Å²) < 4.78 is 5.36. The highest BCUT2D eigenvalue weighted by molar-refractivity contribution is 5.92. The number of carbonyl (C=O) groups excluding carboxylic acids is 1. The lowest BCUT2D eigenvalue weighted by molar-refractivity contribution is -0.241. The van der Waals surface area contributed by atoms with E-state index in [-0.39, 0.29) is 0 Å². The fourth-order valence-corrected chi connectivity index (χ4v) is 1.64. The molecular weight excluding hydrogens is 244 g/mol. The second-order valence-corrected chi connectivity index (χ2v) is 4.18. The zero-order chi connectivity index (χ0) is 13.9. The van der Waals surface area contributed by atoms with E-state index in [1.807, 2.05) is 13.0 Å². The Morgan fingerprint density at radius 3 is 2.63 bits per heavy atom. The Kier molecular flexibility index (Phi) is 7.66. The summed E-state index contributed by atoms with van der Waals surface area (Å²) in [6.45, 7) is 4.95. The predicted octanol–water partition coefficient (Wildman–Crippen LogP) is 3.75. The summed E-state index contributed by atoms with van der Waals surface area (Å²) >= 11 is 0. The Labute approximate surface area is 114 Å². The molecular formula is C15H22O4. The van der Waals surface area contributed by atoms with Gasteiger partial charge in [-0.25, -0.2) is 4.79 Å². The van der Waals surface area contributed by atoms with Crippen LogP contribution in [0, 0.1) is 0 Å². The van der Waals surface area contributed by atoms with Gasteiger partial charge in [-0.3, -0.25) is 4.89 Å². The molecule has 106 valence electrons. The van der Waals surface area contributed by atoms with Crippen LogP contribution in [-0.4, -0.2) is 19.2 Å². The summed E-state index contributed by atoms with van der Waals surface area (Å²) in [6, 6.07) is 6.98. The first-order valence-electron chi connectivity index (χ1n) is 6.85. The minimum absolute atomic E-state index is 0.387. The summed E-state index contributed by atoms with van der Waals surface area (Å²) in [5, 5.41) is 0. The van der Waals surface area contributed by atoms with Crippen LogP contribution < -0.4 is 4.74 Å². The summed E-state index contributed by atoms with van der Waals surface area (Å²) in [7, 11) is 0. The summed E-state index contributed by atoms with van der Waals surface area (Å²) in [5.41, 5.74) is 0.387. The van der Waals surface area contributed by atoms with Crippen molar-refractivity contribution in [2.24, 2.45) is 0 Å². The van der Waals surface area contributed by atoms with Crippen molar-refractivity contribution >= 4 is 5.97 Å². The van der Waals surface area contributed by atoms with Gasteiger partial charge in [0.1, 0.15) is 11.3 Å². The molecule has 0 aliphatic heterocycles. The molecule has 0 aliphatic carbocycles. The third-order valence-electron chi connectivity index (χ3n) is 2.62. The van der Waals surface area contributed by atoms with Crippen LogP contribution in [0.5, 0.6) is 5.75 Å². The molecule has 0 bridgehead atoms. The standard InChI is InChI=1S/C15H22O4/c1-3-5-6-9-12-18-19-15(16)13-10-7-8-11-14(13)17-4-2/h7-8,10-11H,3-6,9,12H2,1-2H3. The molecule has 0 unspecified atom stereocenters. The molecule has 0 aromatic heterocycles. The van der Waals surface area contributed by atoms with E-state index in [1.165, 1.54) is 12.8 Å². The maximum Gasteiger partial charge on any atom is 0.376 e. The van der Waals surface area contributed by atoms with Gasteiger partial charge in [-0.2, -0.15) is 4.89 Å². The first-order chi connectivity index (χ1) is 9.29. The molecule has 1 aromatic carbocycles. The lowest BCUT2D eigenvalue weighted by Gasteiger charge is -2.08. The van der Waals surface area contributed by atoms with Crippen LogP contribution in [-0.2, 0) is 9.78 Å². The lowest BCUT2D eigenvalue weighted by atomic mass is 10.2. The Morgan fingerprint density at radius 1 is 1.11 bits per heavy atom. The number of hydrogen-bond acceptors (Lipinski definition) is 4. The van der Waals surface area contributed by atoms with Crippen LogP contribution in [0.15, 0.2) is 24.3 Å². The van der Waals surface area contributed by atoms with Crippen molar-refractivity contribution in [1.29, 1.82) is 0 Å². The van der Waals surface area contributed by atoms with E-state index in [4.69, 9.17) is 14.5 Å². The van der Waals surface area contributed by atoms with E-state index in [9.17, 15) is 4.79 Å². The Morgan fingerprint density at radius 2 is 1.89 bits per heavy atom. The molecule has 0 saturated heterocycles. The third-order valence-corrected chi connectivity index (χ3v) is 2.62. The van der Waals surface area contributed by atoms with Crippen molar-refractivity contribution in [2.75, 3.05) is 13.2 Å². The monoisotopic (exact) mass is 266 g/mol. The molecule has 0 atom stereocenters. The summed E-state index contributed by atoms with van der Waals surface area (Å²) in [6.07, 6.45) is 4.32. The normalized spacial score (nSPS) is 10.2. The van der Waals surface area contributed by atoms with Crippen LogP contribution in [0.25, 0.3) is 0 Å². The third kappa shape index (κ3) is 5.75. The molecule has 1 aromatic rings. The number of ether oxygens (including phenoxy) is 1. The number of rotatable bonds is 9. The van der Waals surface area contributed by atoms with Crippen LogP contribution in [0.2, 0.25) is 0 Å². The molecule has 0 fully saturated rings. The highest BCUT2D eigenvalue weighted by atomic mass is 17.2. The highest BCUT2D eigenvalue weighted by Gasteiger charge is 2.14. The Hall–Kier alpha value is -1.55. The van der Waals surface area contributed by atoms with Gasteiger partial charge in [-0.05, 0) is 25.5 Å². The Bertz CT molecular complexity index is 376. The van der Waals surface area contributed by atoms with Crippen molar-refractivity contribution in [3.63, 3.8) is 0 Å². The fourth-order valence-electron chi connectivity index (χ4n) is 1.64. The molecule has 0 radical (unpaired) electrons. The van der Waals surface area contributed by atoms with Crippen LogP contribution >= 0.6 is 0 Å². The minimum Gasteiger partial charge on any atom is -0.493 e.